The Morgan fingerprint density at radius 1 is 1.14 bits per heavy atom. The molecular weight excluding hydrogens is 278 g/mol. The lowest BCUT2D eigenvalue weighted by Crippen LogP contribution is -2.31. The molecule has 0 saturated carbocycles. The molecule has 0 aromatic heterocycles. The van der Waals surface area contributed by atoms with E-state index in [1.54, 1.807) is 31.3 Å². The monoisotopic (exact) mass is 292 g/mol. The quantitative estimate of drug-likeness (QED) is 0.881. The number of benzene rings is 2. The topological polar surface area (TPSA) is 55.6 Å². The Kier molecular flexibility index (Phi) is 4.37. The maximum atomic E-state index is 13.0. The fraction of sp³-hybridized carbons (Fsp3) is 0.133. The summed E-state index contributed by atoms with van der Waals surface area (Å²) in [5.41, 5.74) is 6.82. The molecule has 0 saturated heterocycles. The number of anilines is 2. The zero-order chi connectivity index (χ0) is 15.4. The van der Waals surface area contributed by atoms with E-state index >= 15 is 0 Å². The standard InChI is InChI=1S/C15H14F2N2O2/c1-19(11-4-2-10(18)3-5-11)15(20)9-21-12-6-7-13(16)14(17)8-12/h2-8H,9,18H2,1H3. The summed E-state index contributed by atoms with van der Waals surface area (Å²) in [6.07, 6.45) is 0. The van der Waals surface area contributed by atoms with Crippen molar-refractivity contribution < 1.29 is 18.3 Å². The van der Waals surface area contributed by atoms with E-state index in [-0.39, 0.29) is 18.3 Å². The minimum atomic E-state index is -1.02. The molecule has 0 unspecified atom stereocenters. The molecule has 110 valence electrons. The molecule has 0 aliphatic carbocycles. The molecular formula is C15H14F2N2O2. The molecule has 2 N–H and O–H groups in total. The first kappa shape index (κ1) is 14.8. The van der Waals surface area contributed by atoms with Crippen LogP contribution in [0.3, 0.4) is 0 Å². The zero-order valence-electron chi connectivity index (χ0n) is 11.3. The number of hydrogen-bond donors (Lipinski definition) is 1. The van der Waals surface area contributed by atoms with Crippen molar-refractivity contribution in [2.45, 2.75) is 0 Å². The Morgan fingerprint density at radius 2 is 1.81 bits per heavy atom. The summed E-state index contributed by atoms with van der Waals surface area (Å²) in [5, 5.41) is 0. The van der Waals surface area contributed by atoms with Crippen LogP contribution in [-0.2, 0) is 4.79 Å². The summed E-state index contributed by atoms with van der Waals surface area (Å²) < 4.78 is 30.9. The van der Waals surface area contributed by atoms with Gasteiger partial charge >= 0.3 is 0 Å². The SMILES string of the molecule is CN(C(=O)COc1ccc(F)c(F)c1)c1ccc(N)cc1. The molecule has 0 aliphatic rings. The van der Waals surface area contributed by atoms with Crippen LogP contribution in [0.25, 0.3) is 0 Å². The normalized spacial score (nSPS) is 10.2. The minimum absolute atomic E-state index is 0.0907. The van der Waals surface area contributed by atoms with Crippen LogP contribution in [0.4, 0.5) is 20.2 Å². The molecule has 0 atom stereocenters. The van der Waals surface area contributed by atoms with Crippen LogP contribution in [0, 0.1) is 11.6 Å². The third-order valence-corrected chi connectivity index (χ3v) is 2.91. The van der Waals surface area contributed by atoms with E-state index in [0.717, 1.165) is 12.1 Å². The van der Waals surface area contributed by atoms with Gasteiger partial charge in [-0.25, -0.2) is 8.78 Å². The van der Waals surface area contributed by atoms with Gasteiger partial charge in [-0.3, -0.25) is 4.79 Å². The van der Waals surface area contributed by atoms with Gasteiger partial charge in [0.05, 0.1) is 0 Å². The second kappa shape index (κ2) is 6.21. The van der Waals surface area contributed by atoms with E-state index in [0.29, 0.717) is 11.4 Å². The van der Waals surface area contributed by atoms with E-state index in [1.807, 2.05) is 0 Å². The Bertz CT molecular complexity index is 645. The van der Waals surface area contributed by atoms with Crippen molar-refractivity contribution in [2.24, 2.45) is 0 Å². The van der Waals surface area contributed by atoms with Gasteiger partial charge in [0.15, 0.2) is 18.2 Å². The van der Waals surface area contributed by atoms with Crippen LogP contribution >= 0.6 is 0 Å². The molecule has 0 radical (unpaired) electrons. The number of likely N-dealkylation sites (N-methyl/N-ethyl adjacent to an activating group) is 1. The van der Waals surface area contributed by atoms with Gasteiger partial charge in [-0.2, -0.15) is 0 Å². The molecule has 2 rings (SSSR count). The molecule has 4 nitrogen and oxygen atoms in total. The molecule has 0 fully saturated rings. The summed E-state index contributed by atoms with van der Waals surface area (Å²) in [5.74, 6) is -2.23. The summed E-state index contributed by atoms with van der Waals surface area (Å²) in [6.45, 7) is -0.286. The van der Waals surface area contributed by atoms with Crippen molar-refractivity contribution in [3.05, 3.63) is 54.1 Å². The molecule has 21 heavy (non-hydrogen) atoms. The van der Waals surface area contributed by atoms with Gasteiger partial charge in [0.2, 0.25) is 0 Å². The van der Waals surface area contributed by atoms with E-state index in [9.17, 15) is 13.6 Å². The number of ether oxygens (including phenoxy) is 1. The molecule has 1 amide bonds. The molecule has 0 aliphatic heterocycles. The van der Waals surface area contributed by atoms with Crippen LogP contribution in [0.15, 0.2) is 42.5 Å². The van der Waals surface area contributed by atoms with Gasteiger partial charge in [-0.1, -0.05) is 0 Å². The molecule has 0 spiro atoms. The first-order valence-corrected chi connectivity index (χ1v) is 6.17. The number of carbonyl (C=O) groups is 1. The maximum Gasteiger partial charge on any atom is 0.264 e. The lowest BCUT2D eigenvalue weighted by molar-refractivity contribution is -0.120. The number of nitrogen functional groups attached to an aromatic ring is 1. The molecule has 0 heterocycles. The molecule has 2 aromatic rings. The highest BCUT2D eigenvalue weighted by molar-refractivity contribution is 5.94. The van der Waals surface area contributed by atoms with Crippen LogP contribution in [0.5, 0.6) is 5.75 Å². The van der Waals surface area contributed by atoms with E-state index in [4.69, 9.17) is 10.5 Å². The van der Waals surface area contributed by atoms with Crippen LogP contribution in [0.1, 0.15) is 0 Å². The highest BCUT2D eigenvalue weighted by Gasteiger charge is 2.12. The lowest BCUT2D eigenvalue weighted by Gasteiger charge is -2.17. The van der Waals surface area contributed by atoms with E-state index in [2.05, 4.69) is 0 Å². The van der Waals surface area contributed by atoms with Gasteiger partial charge in [0, 0.05) is 24.5 Å². The lowest BCUT2D eigenvalue weighted by atomic mass is 10.2. The van der Waals surface area contributed by atoms with Crippen molar-refractivity contribution in [3.63, 3.8) is 0 Å². The fourth-order valence-corrected chi connectivity index (χ4v) is 1.65. The first-order valence-electron chi connectivity index (χ1n) is 6.17. The second-order valence-electron chi connectivity index (χ2n) is 4.41. The molecule has 6 heteroatoms. The smallest absolute Gasteiger partial charge is 0.264 e. The zero-order valence-corrected chi connectivity index (χ0v) is 11.3. The number of nitrogens with two attached hydrogens (primary N) is 1. The largest absolute Gasteiger partial charge is 0.484 e. The molecule has 2 aromatic carbocycles. The van der Waals surface area contributed by atoms with Gasteiger partial charge in [0.1, 0.15) is 5.75 Å². The summed E-state index contributed by atoms with van der Waals surface area (Å²) >= 11 is 0. The van der Waals surface area contributed by atoms with Crippen molar-refractivity contribution in [3.8, 4) is 5.75 Å². The van der Waals surface area contributed by atoms with Crippen LogP contribution in [-0.4, -0.2) is 19.6 Å². The molecule has 0 bridgehead atoms. The number of rotatable bonds is 4. The number of nitrogens with zero attached hydrogens (tertiary/aromatic N) is 1. The van der Waals surface area contributed by atoms with Gasteiger partial charge in [-0.15, -0.1) is 0 Å². The van der Waals surface area contributed by atoms with Gasteiger partial charge in [-0.05, 0) is 36.4 Å². The van der Waals surface area contributed by atoms with Crippen molar-refractivity contribution in [1.82, 2.24) is 0 Å². The third kappa shape index (κ3) is 3.68. The minimum Gasteiger partial charge on any atom is -0.484 e. The van der Waals surface area contributed by atoms with Crippen molar-refractivity contribution in [1.29, 1.82) is 0 Å². The van der Waals surface area contributed by atoms with E-state index in [1.165, 1.54) is 11.0 Å². The number of amides is 1. The van der Waals surface area contributed by atoms with Crippen LogP contribution < -0.4 is 15.4 Å². The van der Waals surface area contributed by atoms with Crippen molar-refractivity contribution in [2.75, 3.05) is 24.3 Å². The fourth-order valence-electron chi connectivity index (χ4n) is 1.65. The summed E-state index contributed by atoms with van der Waals surface area (Å²) in [7, 11) is 1.59. The number of carbonyl (C=O) groups excluding carboxylic acids is 1. The summed E-state index contributed by atoms with van der Waals surface area (Å²) in [6, 6.07) is 9.85. The van der Waals surface area contributed by atoms with Crippen molar-refractivity contribution >= 4 is 17.3 Å². The number of halogens is 2. The maximum absolute atomic E-state index is 13.0. The Balaban J connectivity index is 1.97. The highest BCUT2D eigenvalue weighted by atomic mass is 19.2. The highest BCUT2D eigenvalue weighted by Crippen LogP contribution is 2.17. The Morgan fingerprint density at radius 3 is 2.43 bits per heavy atom. The predicted octanol–water partition coefficient (Wildman–Crippen LogP) is 2.59. The second-order valence-corrected chi connectivity index (χ2v) is 4.41. The Hall–Kier alpha value is -2.63. The first-order chi connectivity index (χ1) is 9.97. The Labute approximate surface area is 120 Å². The average molecular weight is 292 g/mol. The summed E-state index contributed by atoms with van der Waals surface area (Å²) in [4.78, 5) is 13.3. The van der Waals surface area contributed by atoms with E-state index < -0.39 is 11.6 Å². The average Bonchev–Trinajstić information content (AvgIpc) is 2.48. The number of hydrogen-bond acceptors (Lipinski definition) is 3. The van der Waals surface area contributed by atoms with Gasteiger partial charge < -0.3 is 15.4 Å². The van der Waals surface area contributed by atoms with Gasteiger partial charge in [0.25, 0.3) is 5.91 Å². The van der Waals surface area contributed by atoms with Crippen LogP contribution in [0.2, 0.25) is 0 Å². The predicted molar refractivity (Wildman–Crippen MR) is 76.1 cm³/mol. The third-order valence-electron chi connectivity index (χ3n) is 2.91.